The van der Waals surface area contributed by atoms with Crippen LogP contribution in [0.15, 0.2) is 14.8 Å². The van der Waals surface area contributed by atoms with Crippen LogP contribution in [0.3, 0.4) is 0 Å². The third-order valence-corrected chi connectivity index (χ3v) is 10.6. The number of aliphatic imine (C=N–C) groups is 1. The van der Waals surface area contributed by atoms with Crippen molar-refractivity contribution in [3.8, 4) is 0 Å². The fourth-order valence-electron chi connectivity index (χ4n) is 4.10. The molecule has 1 aliphatic heterocycles. The molecule has 0 spiro atoms. The summed E-state index contributed by atoms with van der Waals surface area (Å²) in [7, 11) is -3.46. The molecule has 0 aromatic carbocycles. The van der Waals surface area contributed by atoms with Gasteiger partial charge in [-0.3, -0.25) is 4.99 Å². The minimum Gasteiger partial charge on any atom is -0.386 e. The fraction of sp³-hybridized carbons (Fsp3) is 0.706. The quantitative estimate of drug-likeness (QED) is 0.687. The molecule has 1 saturated carbocycles. The van der Waals surface area contributed by atoms with E-state index in [4.69, 9.17) is 22.3 Å². The molecule has 140 valence electrons. The summed E-state index contributed by atoms with van der Waals surface area (Å²) >= 11 is 11.1. The number of nitrogens with zero attached hydrogens (tertiary/aromatic N) is 1. The van der Waals surface area contributed by atoms with E-state index < -0.39 is 20.1 Å². The molecular formula is C17H24BrClN2O2S2. The van der Waals surface area contributed by atoms with Crippen LogP contribution in [0.1, 0.15) is 57.2 Å². The van der Waals surface area contributed by atoms with Crippen molar-refractivity contribution < 1.29 is 8.42 Å². The molecule has 2 N–H and O–H groups in total. The molecule has 25 heavy (non-hydrogen) atoms. The van der Waals surface area contributed by atoms with Gasteiger partial charge in [-0.15, -0.1) is 11.3 Å². The van der Waals surface area contributed by atoms with Gasteiger partial charge in [0, 0.05) is 0 Å². The summed E-state index contributed by atoms with van der Waals surface area (Å²) in [5.74, 6) is 0.579. The molecule has 3 rings (SSSR count). The maximum Gasteiger partial charge on any atom is 0.165 e. The molecule has 0 unspecified atom stereocenters. The summed E-state index contributed by atoms with van der Waals surface area (Å²) in [5.41, 5.74) is 5.37. The van der Waals surface area contributed by atoms with Crippen LogP contribution in [0.2, 0.25) is 5.02 Å². The molecule has 0 amide bonds. The zero-order valence-electron chi connectivity index (χ0n) is 14.5. The van der Waals surface area contributed by atoms with Crippen LogP contribution in [0, 0.1) is 5.92 Å². The van der Waals surface area contributed by atoms with E-state index in [0.717, 1.165) is 21.5 Å². The molecular weight excluding hydrogens is 444 g/mol. The van der Waals surface area contributed by atoms with Crippen LogP contribution in [0.25, 0.3) is 0 Å². The average molecular weight is 468 g/mol. The Morgan fingerprint density at radius 3 is 2.52 bits per heavy atom. The molecule has 1 aromatic rings. The first-order chi connectivity index (χ1) is 11.6. The summed E-state index contributed by atoms with van der Waals surface area (Å²) in [6, 6.07) is 1.78. The molecule has 2 heterocycles. The highest BCUT2D eigenvalue weighted by molar-refractivity contribution is 9.11. The second-order valence-electron chi connectivity index (χ2n) is 7.70. The predicted molar refractivity (Wildman–Crippen MR) is 109 cm³/mol. The van der Waals surface area contributed by atoms with Gasteiger partial charge in [0.05, 0.1) is 19.4 Å². The molecule has 1 aromatic heterocycles. The minimum atomic E-state index is -3.46. The lowest BCUT2D eigenvalue weighted by molar-refractivity contribution is 0.321. The standard InChI is InChI=1S/C17H24BrClN2O2S2/c1-16(14-12(19)8-13(18)24-14)10-25(22,23)17(2,15(20)21-16)9-11-6-4-3-5-7-11/h8,11H,3-7,9-10H2,1-2H3,(H2,20,21)/t16-,17+/m0/s1. The van der Waals surface area contributed by atoms with E-state index in [0.29, 0.717) is 17.4 Å². The van der Waals surface area contributed by atoms with Crippen LogP contribution >= 0.6 is 38.9 Å². The van der Waals surface area contributed by atoms with Crippen LogP contribution < -0.4 is 5.73 Å². The Hall–Kier alpha value is -0.110. The van der Waals surface area contributed by atoms with Gasteiger partial charge in [-0.25, -0.2) is 8.42 Å². The highest BCUT2D eigenvalue weighted by Crippen LogP contribution is 2.46. The maximum absolute atomic E-state index is 13.3. The van der Waals surface area contributed by atoms with E-state index >= 15 is 0 Å². The fourth-order valence-corrected chi connectivity index (χ4v) is 8.52. The van der Waals surface area contributed by atoms with Crippen molar-refractivity contribution in [2.75, 3.05) is 5.75 Å². The van der Waals surface area contributed by atoms with Crippen molar-refractivity contribution in [2.24, 2.45) is 16.6 Å². The van der Waals surface area contributed by atoms with E-state index in [9.17, 15) is 8.42 Å². The highest BCUT2D eigenvalue weighted by atomic mass is 79.9. The molecule has 2 atom stereocenters. The topological polar surface area (TPSA) is 72.5 Å². The number of thiophene rings is 1. The van der Waals surface area contributed by atoms with Crippen molar-refractivity contribution in [1.29, 1.82) is 0 Å². The van der Waals surface area contributed by atoms with E-state index in [1.807, 2.05) is 6.92 Å². The van der Waals surface area contributed by atoms with Gasteiger partial charge >= 0.3 is 0 Å². The van der Waals surface area contributed by atoms with E-state index in [-0.39, 0.29) is 11.6 Å². The van der Waals surface area contributed by atoms with Gasteiger partial charge in [-0.2, -0.15) is 0 Å². The largest absolute Gasteiger partial charge is 0.386 e. The van der Waals surface area contributed by atoms with Crippen LogP contribution in [-0.2, 0) is 15.4 Å². The van der Waals surface area contributed by atoms with Gasteiger partial charge in [0.25, 0.3) is 0 Å². The highest BCUT2D eigenvalue weighted by Gasteiger charge is 2.53. The smallest absolute Gasteiger partial charge is 0.165 e. The lowest BCUT2D eigenvalue weighted by atomic mass is 9.82. The first-order valence-electron chi connectivity index (χ1n) is 8.61. The number of rotatable bonds is 3. The van der Waals surface area contributed by atoms with Gasteiger partial charge in [-0.05, 0) is 48.2 Å². The first kappa shape index (κ1) is 19.6. The van der Waals surface area contributed by atoms with Gasteiger partial charge < -0.3 is 5.73 Å². The number of hydrogen-bond acceptors (Lipinski definition) is 5. The molecule has 1 aliphatic carbocycles. The predicted octanol–water partition coefficient (Wildman–Crippen LogP) is 4.89. The summed E-state index contributed by atoms with van der Waals surface area (Å²) in [6.07, 6.45) is 6.33. The normalized spacial score (nSPS) is 33.2. The molecule has 2 aliphatic rings. The number of amidine groups is 1. The second-order valence-corrected chi connectivity index (χ2v) is 13.0. The second kappa shape index (κ2) is 6.80. The summed E-state index contributed by atoms with van der Waals surface area (Å²) < 4.78 is 26.4. The summed E-state index contributed by atoms with van der Waals surface area (Å²) in [4.78, 5) is 5.44. The molecule has 0 radical (unpaired) electrons. The Labute approximate surface area is 167 Å². The van der Waals surface area contributed by atoms with Gasteiger partial charge in [-0.1, -0.05) is 43.7 Å². The van der Waals surface area contributed by atoms with Crippen molar-refractivity contribution >= 4 is 54.5 Å². The Kier molecular flexibility index (Phi) is 5.35. The van der Waals surface area contributed by atoms with Crippen molar-refractivity contribution in [3.05, 3.63) is 19.8 Å². The van der Waals surface area contributed by atoms with Crippen LogP contribution in [0.5, 0.6) is 0 Å². The van der Waals surface area contributed by atoms with Gasteiger partial charge in [0.15, 0.2) is 9.84 Å². The van der Waals surface area contributed by atoms with Crippen molar-refractivity contribution in [2.45, 2.75) is 62.7 Å². The van der Waals surface area contributed by atoms with Gasteiger partial charge in [0.1, 0.15) is 16.1 Å². The van der Waals surface area contributed by atoms with Gasteiger partial charge in [0.2, 0.25) is 0 Å². The number of hydrogen-bond donors (Lipinski definition) is 1. The Morgan fingerprint density at radius 1 is 1.36 bits per heavy atom. The first-order valence-corrected chi connectivity index (χ1v) is 12.2. The number of nitrogens with two attached hydrogens (primary N) is 1. The Morgan fingerprint density at radius 2 is 2.00 bits per heavy atom. The van der Waals surface area contributed by atoms with Crippen molar-refractivity contribution in [3.63, 3.8) is 0 Å². The molecule has 0 saturated heterocycles. The van der Waals surface area contributed by atoms with Crippen LogP contribution in [-0.4, -0.2) is 24.8 Å². The summed E-state index contributed by atoms with van der Waals surface area (Å²) in [6.45, 7) is 3.56. The lowest BCUT2D eigenvalue weighted by Crippen LogP contribution is -2.57. The van der Waals surface area contributed by atoms with Crippen molar-refractivity contribution in [1.82, 2.24) is 0 Å². The zero-order valence-corrected chi connectivity index (χ0v) is 18.5. The Bertz CT molecular complexity index is 802. The Balaban J connectivity index is 1.99. The minimum absolute atomic E-state index is 0.0589. The average Bonchev–Trinajstić information content (AvgIpc) is 2.85. The number of halogens is 2. The summed E-state index contributed by atoms with van der Waals surface area (Å²) in [5, 5.41) is 0.530. The molecule has 8 heteroatoms. The zero-order chi connectivity index (χ0) is 18.5. The molecule has 0 bridgehead atoms. The van der Waals surface area contributed by atoms with Crippen LogP contribution in [0.4, 0.5) is 0 Å². The van der Waals surface area contributed by atoms with E-state index in [1.165, 1.54) is 30.6 Å². The number of sulfone groups is 1. The molecule has 1 fully saturated rings. The van der Waals surface area contributed by atoms with E-state index in [1.54, 1.807) is 13.0 Å². The maximum atomic E-state index is 13.3. The molecule has 4 nitrogen and oxygen atoms in total. The lowest BCUT2D eigenvalue weighted by Gasteiger charge is -2.41. The monoisotopic (exact) mass is 466 g/mol. The SMILES string of the molecule is C[C@@]1(c2sc(Br)cc2Cl)CS(=O)(=O)[C@](C)(CC2CCCCC2)C(N)=N1. The van der Waals surface area contributed by atoms with E-state index in [2.05, 4.69) is 15.9 Å². The third kappa shape index (κ3) is 3.54. The third-order valence-electron chi connectivity index (χ3n) is 5.62.